The fourth-order valence-corrected chi connectivity index (χ4v) is 5.23. The fraction of sp³-hybridized carbons (Fsp3) is 0.846. The van der Waals surface area contributed by atoms with Crippen LogP contribution >= 0.6 is 0 Å². The maximum absolute atomic E-state index is 11.5. The van der Waals surface area contributed by atoms with Crippen molar-refractivity contribution in [2.24, 2.45) is 22.7 Å². The van der Waals surface area contributed by atoms with Gasteiger partial charge in [0, 0.05) is 0 Å². The summed E-state index contributed by atoms with van der Waals surface area (Å²) in [7, 11) is 0. The maximum Gasteiger partial charge on any atom is 0.309 e. The largest absolute Gasteiger partial charge is 0.481 e. The smallest absolute Gasteiger partial charge is 0.309 e. The molecule has 4 fully saturated rings. The molecule has 17 heavy (non-hydrogen) atoms. The third-order valence-electron chi connectivity index (χ3n) is 5.16. The Morgan fingerprint density at radius 3 is 2.12 bits per heavy atom. The molecule has 0 aliphatic heterocycles. The van der Waals surface area contributed by atoms with E-state index in [-0.39, 0.29) is 11.8 Å². The van der Waals surface area contributed by atoms with Gasteiger partial charge in [-0.1, -0.05) is 0 Å². The second kappa shape index (κ2) is 3.24. The standard InChI is InChI=1S/C13H18O4/c14-10(15)6-12-2-8-1-9(3-12)5-13(4-8,7-12)11(16)17/h8-9H,1-7H2,(H,14,15)(H,16,17)/t8-,9+,12-,13-. The Bertz CT molecular complexity index is 373. The van der Waals surface area contributed by atoms with Gasteiger partial charge in [-0.05, 0) is 55.8 Å². The Labute approximate surface area is 100 Å². The normalized spacial score (nSPS) is 47.1. The predicted octanol–water partition coefficient (Wildman–Crippen LogP) is 2.13. The van der Waals surface area contributed by atoms with E-state index in [1.165, 1.54) is 0 Å². The first-order valence-electron chi connectivity index (χ1n) is 6.38. The molecule has 4 rings (SSSR count). The average molecular weight is 238 g/mol. The van der Waals surface area contributed by atoms with Crippen molar-refractivity contribution in [1.82, 2.24) is 0 Å². The second-order valence-corrected chi connectivity index (χ2v) is 6.62. The summed E-state index contributed by atoms with van der Waals surface area (Å²) in [4.78, 5) is 22.5. The van der Waals surface area contributed by atoms with E-state index in [4.69, 9.17) is 5.11 Å². The molecular formula is C13H18O4. The van der Waals surface area contributed by atoms with Gasteiger partial charge in [-0.15, -0.1) is 0 Å². The monoisotopic (exact) mass is 238 g/mol. The van der Waals surface area contributed by atoms with Gasteiger partial charge in [0.05, 0.1) is 11.8 Å². The quantitative estimate of drug-likeness (QED) is 0.789. The molecular weight excluding hydrogens is 220 g/mol. The number of rotatable bonds is 3. The van der Waals surface area contributed by atoms with Crippen LogP contribution in [-0.4, -0.2) is 22.2 Å². The molecule has 2 N–H and O–H groups in total. The summed E-state index contributed by atoms with van der Waals surface area (Å²) in [5, 5.41) is 18.5. The van der Waals surface area contributed by atoms with Crippen LogP contribution in [-0.2, 0) is 9.59 Å². The van der Waals surface area contributed by atoms with Gasteiger partial charge in [0.15, 0.2) is 0 Å². The maximum atomic E-state index is 11.5. The van der Waals surface area contributed by atoms with Gasteiger partial charge in [0.25, 0.3) is 0 Å². The summed E-state index contributed by atoms with van der Waals surface area (Å²) in [6.07, 6.45) is 5.30. The van der Waals surface area contributed by atoms with Gasteiger partial charge in [-0.25, -0.2) is 0 Å². The van der Waals surface area contributed by atoms with E-state index in [1.807, 2.05) is 0 Å². The first-order chi connectivity index (χ1) is 7.93. The molecule has 0 aromatic rings. The summed E-state index contributed by atoms with van der Waals surface area (Å²) in [5.74, 6) is -0.563. The van der Waals surface area contributed by atoms with Crippen molar-refractivity contribution in [3.8, 4) is 0 Å². The van der Waals surface area contributed by atoms with Crippen molar-refractivity contribution in [3.63, 3.8) is 0 Å². The molecule has 0 spiro atoms. The zero-order valence-electron chi connectivity index (χ0n) is 9.82. The minimum Gasteiger partial charge on any atom is -0.481 e. The van der Waals surface area contributed by atoms with Crippen molar-refractivity contribution in [2.75, 3.05) is 0 Å². The lowest BCUT2D eigenvalue weighted by atomic mass is 9.43. The van der Waals surface area contributed by atoms with E-state index in [0.717, 1.165) is 32.1 Å². The molecule has 4 nitrogen and oxygen atoms in total. The first-order valence-corrected chi connectivity index (χ1v) is 6.38. The number of hydrogen-bond acceptors (Lipinski definition) is 2. The summed E-state index contributed by atoms with van der Waals surface area (Å²) in [6.45, 7) is 0. The fourth-order valence-electron chi connectivity index (χ4n) is 5.23. The minimum absolute atomic E-state index is 0.162. The van der Waals surface area contributed by atoms with Crippen molar-refractivity contribution >= 4 is 11.9 Å². The Morgan fingerprint density at radius 2 is 1.65 bits per heavy atom. The zero-order valence-corrected chi connectivity index (χ0v) is 9.82. The van der Waals surface area contributed by atoms with Crippen molar-refractivity contribution in [2.45, 2.75) is 44.9 Å². The van der Waals surface area contributed by atoms with Crippen LogP contribution in [0.3, 0.4) is 0 Å². The van der Waals surface area contributed by atoms with E-state index < -0.39 is 17.4 Å². The summed E-state index contributed by atoms with van der Waals surface area (Å²) >= 11 is 0. The van der Waals surface area contributed by atoms with Crippen LogP contribution in [0.2, 0.25) is 0 Å². The van der Waals surface area contributed by atoms with Gasteiger partial charge in [0.2, 0.25) is 0 Å². The average Bonchev–Trinajstić information content (AvgIpc) is 2.12. The Balaban J connectivity index is 1.94. The highest BCUT2D eigenvalue weighted by Crippen LogP contribution is 2.66. The first kappa shape index (κ1) is 11.1. The van der Waals surface area contributed by atoms with Crippen LogP contribution < -0.4 is 0 Å². The molecule has 0 radical (unpaired) electrons. The molecule has 0 amide bonds. The Hall–Kier alpha value is -1.06. The molecule has 0 saturated heterocycles. The highest BCUT2D eigenvalue weighted by atomic mass is 16.4. The minimum atomic E-state index is -0.771. The van der Waals surface area contributed by atoms with E-state index in [9.17, 15) is 14.7 Å². The molecule has 4 saturated carbocycles. The summed E-state index contributed by atoms with van der Waals surface area (Å²) in [5.41, 5.74) is -0.812. The van der Waals surface area contributed by atoms with Gasteiger partial charge in [-0.3, -0.25) is 9.59 Å². The van der Waals surface area contributed by atoms with Crippen LogP contribution in [0, 0.1) is 22.7 Å². The van der Waals surface area contributed by atoms with Crippen LogP contribution in [0.5, 0.6) is 0 Å². The molecule has 0 aromatic carbocycles. The topological polar surface area (TPSA) is 74.6 Å². The lowest BCUT2D eigenvalue weighted by molar-refractivity contribution is -0.178. The van der Waals surface area contributed by atoms with Crippen LogP contribution in [0.25, 0.3) is 0 Å². The van der Waals surface area contributed by atoms with E-state index >= 15 is 0 Å². The number of carboxylic acids is 2. The van der Waals surface area contributed by atoms with Gasteiger partial charge >= 0.3 is 11.9 Å². The zero-order chi connectivity index (χ0) is 12.3. The van der Waals surface area contributed by atoms with Crippen molar-refractivity contribution in [3.05, 3.63) is 0 Å². The van der Waals surface area contributed by atoms with E-state index in [2.05, 4.69) is 0 Å². The number of aliphatic carboxylic acids is 2. The highest BCUT2D eigenvalue weighted by Gasteiger charge is 2.61. The highest BCUT2D eigenvalue weighted by molar-refractivity contribution is 5.76. The molecule has 4 atom stereocenters. The van der Waals surface area contributed by atoms with Gasteiger partial charge in [0.1, 0.15) is 0 Å². The SMILES string of the molecule is O=C(O)C[C@@]12C[C@H]3C[C@@H](C1)C[C@](C(=O)O)(C3)C2. The lowest BCUT2D eigenvalue weighted by Crippen LogP contribution is -2.55. The number of carboxylic acid groups (broad SMARTS) is 2. The Kier molecular flexibility index (Phi) is 2.11. The molecule has 94 valence electrons. The van der Waals surface area contributed by atoms with Gasteiger partial charge < -0.3 is 10.2 Å². The summed E-state index contributed by atoms with van der Waals surface area (Å²) < 4.78 is 0. The second-order valence-electron chi connectivity index (χ2n) is 6.62. The molecule has 0 aromatic heterocycles. The summed E-state index contributed by atoms with van der Waals surface area (Å²) in [6, 6.07) is 0. The van der Waals surface area contributed by atoms with E-state index in [1.54, 1.807) is 0 Å². The molecule has 4 aliphatic carbocycles. The van der Waals surface area contributed by atoms with Gasteiger partial charge in [-0.2, -0.15) is 0 Å². The van der Waals surface area contributed by atoms with Crippen molar-refractivity contribution < 1.29 is 19.8 Å². The Morgan fingerprint density at radius 1 is 1.06 bits per heavy atom. The van der Waals surface area contributed by atoms with Crippen LogP contribution in [0.1, 0.15) is 44.9 Å². The molecule has 4 bridgehead atoms. The van der Waals surface area contributed by atoms with E-state index in [0.29, 0.717) is 18.3 Å². The number of carbonyl (C=O) groups is 2. The molecule has 0 heterocycles. The predicted molar refractivity (Wildman–Crippen MR) is 59.4 cm³/mol. The molecule has 4 heteroatoms. The van der Waals surface area contributed by atoms with Crippen LogP contribution in [0.4, 0.5) is 0 Å². The molecule has 0 unspecified atom stereocenters. The lowest BCUT2D eigenvalue weighted by Gasteiger charge is -2.60. The molecule has 4 aliphatic rings. The van der Waals surface area contributed by atoms with Crippen molar-refractivity contribution in [1.29, 1.82) is 0 Å². The third-order valence-corrected chi connectivity index (χ3v) is 5.16. The third kappa shape index (κ3) is 1.57. The van der Waals surface area contributed by atoms with Crippen LogP contribution in [0.15, 0.2) is 0 Å². The number of hydrogen-bond donors (Lipinski definition) is 2.